The van der Waals surface area contributed by atoms with Crippen molar-refractivity contribution in [1.82, 2.24) is 10.0 Å². The molecule has 22 heavy (non-hydrogen) atoms. The molecule has 0 heterocycles. The Balaban J connectivity index is 2.72. The molecule has 2 atom stereocenters. The molecule has 0 aromatic heterocycles. The molecule has 1 amide bonds. The average Bonchev–Trinajstić information content (AvgIpc) is 2.47. The smallest absolute Gasteiger partial charge is 0.241 e. The lowest BCUT2D eigenvalue weighted by Gasteiger charge is -2.18. The first-order chi connectivity index (χ1) is 10.3. The van der Waals surface area contributed by atoms with Crippen LogP contribution in [0, 0.1) is 0 Å². The summed E-state index contributed by atoms with van der Waals surface area (Å²) in [6.07, 6.45) is 1.80. The van der Waals surface area contributed by atoms with E-state index in [1.54, 1.807) is 12.1 Å². The van der Waals surface area contributed by atoms with E-state index in [1.807, 2.05) is 13.8 Å². The molecule has 6 nitrogen and oxygen atoms in total. The average molecular weight is 328 g/mol. The van der Waals surface area contributed by atoms with Gasteiger partial charge in [-0.25, -0.2) is 8.42 Å². The molecule has 7 heteroatoms. The highest BCUT2D eigenvalue weighted by molar-refractivity contribution is 7.89. The number of methoxy groups -OCH3 is 1. The molecule has 0 bridgehead atoms. The standard InChI is InChI=1S/C15H24N2O4S/c1-5-6-11(2)16-15(18)12(3)17-22(19,20)14-9-7-13(21-4)8-10-14/h7-12,17H,5-6H2,1-4H3,(H,16,18)/t11-,12+/m1/s1. The van der Waals surface area contributed by atoms with Gasteiger partial charge >= 0.3 is 0 Å². The number of nitrogens with one attached hydrogen (secondary N) is 2. The van der Waals surface area contributed by atoms with Crippen molar-refractivity contribution in [3.63, 3.8) is 0 Å². The Bertz CT molecular complexity index is 584. The number of hydrogen-bond donors (Lipinski definition) is 2. The van der Waals surface area contributed by atoms with Gasteiger partial charge in [0.2, 0.25) is 15.9 Å². The fraction of sp³-hybridized carbons (Fsp3) is 0.533. The molecule has 1 rings (SSSR count). The highest BCUT2D eigenvalue weighted by Crippen LogP contribution is 2.15. The van der Waals surface area contributed by atoms with Crippen LogP contribution in [0.5, 0.6) is 5.75 Å². The van der Waals surface area contributed by atoms with Crippen molar-refractivity contribution in [2.75, 3.05) is 7.11 Å². The quantitative estimate of drug-likeness (QED) is 0.760. The zero-order chi connectivity index (χ0) is 16.8. The van der Waals surface area contributed by atoms with E-state index in [4.69, 9.17) is 4.74 Å². The molecule has 0 radical (unpaired) electrons. The van der Waals surface area contributed by atoms with E-state index >= 15 is 0 Å². The minimum absolute atomic E-state index is 0.0189. The summed E-state index contributed by atoms with van der Waals surface area (Å²) in [5.74, 6) is 0.233. The molecule has 0 saturated carbocycles. The highest BCUT2D eigenvalue weighted by atomic mass is 32.2. The molecule has 0 aliphatic carbocycles. The van der Waals surface area contributed by atoms with Crippen molar-refractivity contribution in [3.05, 3.63) is 24.3 Å². The summed E-state index contributed by atoms with van der Waals surface area (Å²) in [4.78, 5) is 12.1. The van der Waals surface area contributed by atoms with Crippen LogP contribution >= 0.6 is 0 Å². The molecule has 0 aliphatic rings. The fourth-order valence-corrected chi connectivity index (χ4v) is 3.19. The lowest BCUT2D eigenvalue weighted by atomic mass is 10.2. The van der Waals surface area contributed by atoms with Crippen molar-refractivity contribution in [2.24, 2.45) is 0 Å². The van der Waals surface area contributed by atoms with E-state index in [9.17, 15) is 13.2 Å². The Morgan fingerprint density at radius 1 is 1.23 bits per heavy atom. The molecular formula is C15H24N2O4S. The number of rotatable bonds is 8. The van der Waals surface area contributed by atoms with Crippen LogP contribution in [-0.4, -0.2) is 33.5 Å². The molecule has 0 unspecified atom stereocenters. The van der Waals surface area contributed by atoms with Crippen LogP contribution in [0.15, 0.2) is 29.2 Å². The maximum atomic E-state index is 12.2. The van der Waals surface area contributed by atoms with Gasteiger partial charge < -0.3 is 10.1 Å². The van der Waals surface area contributed by atoms with Crippen LogP contribution in [0.3, 0.4) is 0 Å². The van der Waals surface area contributed by atoms with Crippen LogP contribution < -0.4 is 14.8 Å². The number of hydrogen-bond acceptors (Lipinski definition) is 4. The van der Waals surface area contributed by atoms with E-state index in [0.717, 1.165) is 12.8 Å². The molecule has 2 N–H and O–H groups in total. The SMILES string of the molecule is CCC[C@@H](C)NC(=O)[C@H](C)NS(=O)(=O)c1ccc(OC)cc1. The summed E-state index contributed by atoms with van der Waals surface area (Å²) in [6.45, 7) is 5.44. The Morgan fingerprint density at radius 2 is 1.82 bits per heavy atom. The lowest BCUT2D eigenvalue weighted by molar-refractivity contribution is -0.123. The van der Waals surface area contributed by atoms with E-state index in [2.05, 4.69) is 10.0 Å². The van der Waals surface area contributed by atoms with E-state index in [0.29, 0.717) is 5.75 Å². The summed E-state index contributed by atoms with van der Waals surface area (Å²) in [5, 5.41) is 2.79. The van der Waals surface area contributed by atoms with Gasteiger partial charge in [0.25, 0.3) is 0 Å². The number of carbonyl (C=O) groups is 1. The number of sulfonamides is 1. The molecule has 0 spiro atoms. The molecule has 0 saturated heterocycles. The van der Waals surface area contributed by atoms with Gasteiger partial charge in [0.05, 0.1) is 18.0 Å². The van der Waals surface area contributed by atoms with Gasteiger partial charge in [0.15, 0.2) is 0 Å². The molecule has 0 fully saturated rings. The zero-order valence-electron chi connectivity index (χ0n) is 13.4. The minimum atomic E-state index is -3.74. The third-order valence-electron chi connectivity index (χ3n) is 3.21. The van der Waals surface area contributed by atoms with Crippen molar-refractivity contribution >= 4 is 15.9 Å². The Morgan fingerprint density at radius 3 is 2.32 bits per heavy atom. The largest absolute Gasteiger partial charge is 0.497 e. The maximum absolute atomic E-state index is 12.2. The summed E-state index contributed by atoms with van der Waals surface area (Å²) in [6, 6.07) is 5.17. The maximum Gasteiger partial charge on any atom is 0.241 e. The predicted octanol–water partition coefficient (Wildman–Crippen LogP) is 1.67. The molecule has 1 aromatic carbocycles. The predicted molar refractivity (Wildman–Crippen MR) is 85.3 cm³/mol. The number of ether oxygens (including phenoxy) is 1. The zero-order valence-corrected chi connectivity index (χ0v) is 14.2. The van der Waals surface area contributed by atoms with Gasteiger partial charge in [-0.2, -0.15) is 4.72 Å². The van der Waals surface area contributed by atoms with Crippen LogP contribution in [-0.2, 0) is 14.8 Å². The molecular weight excluding hydrogens is 304 g/mol. The molecule has 124 valence electrons. The Hall–Kier alpha value is -1.60. The number of carbonyl (C=O) groups excluding carboxylic acids is 1. The number of benzene rings is 1. The van der Waals surface area contributed by atoms with Gasteiger partial charge in [0.1, 0.15) is 5.75 Å². The van der Waals surface area contributed by atoms with E-state index in [-0.39, 0.29) is 16.8 Å². The monoisotopic (exact) mass is 328 g/mol. The van der Waals surface area contributed by atoms with Crippen molar-refractivity contribution < 1.29 is 17.9 Å². The fourth-order valence-electron chi connectivity index (χ4n) is 1.98. The first-order valence-electron chi connectivity index (χ1n) is 7.27. The van der Waals surface area contributed by atoms with Gasteiger partial charge in [-0.15, -0.1) is 0 Å². The molecule has 0 aliphatic heterocycles. The normalized spacial score (nSPS) is 14.2. The Labute approximate surface area is 132 Å². The summed E-state index contributed by atoms with van der Waals surface area (Å²) < 4.78 is 31.8. The third kappa shape index (κ3) is 5.31. The summed E-state index contributed by atoms with van der Waals surface area (Å²) >= 11 is 0. The van der Waals surface area contributed by atoms with Crippen LogP contribution in [0.1, 0.15) is 33.6 Å². The van der Waals surface area contributed by atoms with E-state index in [1.165, 1.54) is 26.2 Å². The van der Waals surface area contributed by atoms with Crippen LogP contribution in [0.25, 0.3) is 0 Å². The van der Waals surface area contributed by atoms with Gasteiger partial charge in [-0.1, -0.05) is 13.3 Å². The summed E-state index contributed by atoms with van der Waals surface area (Å²) in [5.41, 5.74) is 0. The van der Waals surface area contributed by atoms with Crippen LogP contribution in [0.4, 0.5) is 0 Å². The van der Waals surface area contributed by atoms with Gasteiger partial charge in [-0.3, -0.25) is 4.79 Å². The van der Waals surface area contributed by atoms with Crippen molar-refractivity contribution in [3.8, 4) is 5.75 Å². The topological polar surface area (TPSA) is 84.5 Å². The second-order valence-corrected chi connectivity index (χ2v) is 6.93. The van der Waals surface area contributed by atoms with Crippen molar-refractivity contribution in [1.29, 1.82) is 0 Å². The minimum Gasteiger partial charge on any atom is -0.497 e. The highest BCUT2D eigenvalue weighted by Gasteiger charge is 2.22. The summed E-state index contributed by atoms with van der Waals surface area (Å²) in [7, 11) is -2.24. The lowest BCUT2D eigenvalue weighted by Crippen LogP contribution is -2.47. The van der Waals surface area contributed by atoms with Crippen molar-refractivity contribution in [2.45, 2.75) is 50.6 Å². The first-order valence-corrected chi connectivity index (χ1v) is 8.75. The van der Waals surface area contributed by atoms with Gasteiger partial charge in [0, 0.05) is 6.04 Å². The molecule has 1 aromatic rings. The number of amides is 1. The van der Waals surface area contributed by atoms with Gasteiger partial charge in [-0.05, 0) is 44.5 Å². The Kier molecular flexibility index (Phi) is 6.83. The first kappa shape index (κ1) is 18.4. The second-order valence-electron chi connectivity index (χ2n) is 5.22. The van der Waals surface area contributed by atoms with Crippen LogP contribution in [0.2, 0.25) is 0 Å². The van der Waals surface area contributed by atoms with E-state index < -0.39 is 16.1 Å². The second kappa shape index (κ2) is 8.14. The third-order valence-corrected chi connectivity index (χ3v) is 4.76.